The lowest BCUT2D eigenvalue weighted by atomic mass is 9.79. The van der Waals surface area contributed by atoms with Gasteiger partial charge in [0.25, 0.3) is 0 Å². The van der Waals surface area contributed by atoms with Crippen molar-refractivity contribution in [3.05, 3.63) is 0 Å². The summed E-state index contributed by atoms with van der Waals surface area (Å²) in [6.45, 7) is 11.4. The highest BCUT2D eigenvalue weighted by molar-refractivity contribution is 14.0. The predicted molar refractivity (Wildman–Crippen MR) is 94.4 cm³/mol. The summed E-state index contributed by atoms with van der Waals surface area (Å²) in [5, 5.41) is 15.8. The van der Waals surface area contributed by atoms with E-state index in [4.69, 9.17) is 0 Å². The molecule has 0 unspecified atom stereocenters. The lowest BCUT2D eigenvalue weighted by Gasteiger charge is -2.29. The molecule has 0 saturated heterocycles. The van der Waals surface area contributed by atoms with Crippen molar-refractivity contribution in [1.29, 1.82) is 0 Å². The molecule has 0 amide bonds. The lowest BCUT2D eigenvalue weighted by Crippen LogP contribution is -2.39. The van der Waals surface area contributed by atoms with E-state index >= 15 is 0 Å². The van der Waals surface area contributed by atoms with Crippen LogP contribution in [0.1, 0.15) is 53.4 Å². The summed E-state index contributed by atoms with van der Waals surface area (Å²) in [6, 6.07) is 0. The van der Waals surface area contributed by atoms with Crippen molar-refractivity contribution in [2.45, 2.75) is 53.4 Å². The van der Waals surface area contributed by atoms with Gasteiger partial charge < -0.3 is 15.7 Å². The maximum absolute atomic E-state index is 9.19. The highest BCUT2D eigenvalue weighted by Crippen LogP contribution is 2.30. The van der Waals surface area contributed by atoms with Crippen molar-refractivity contribution in [3.63, 3.8) is 0 Å². The van der Waals surface area contributed by atoms with Crippen LogP contribution >= 0.6 is 24.0 Å². The predicted octanol–water partition coefficient (Wildman–Crippen LogP) is 2.76. The molecule has 0 aromatic rings. The molecule has 3 N–H and O–H groups in total. The van der Waals surface area contributed by atoms with E-state index in [1.165, 1.54) is 0 Å². The maximum Gasteiger partial charge on any atom is 0.191 e. The van der Waals surface area contributed by atoms with Crippen LogP contribution in [0.25, 0.3) is 0 Å². The molecule has 0 bridgehead atoms. The van der Waals surface area contributed by atoms with E-state index in [0.29, 0.717) is 0 Å². The molecule has 0 fully saturated rings. The Hall–Kier alpha value is -0.0400. The molecule has 0 spiro atoms. The van der Waals surface area contributed by atoms with Crippen LogP contribution in [-0.2, 0) is 0 Å². The van der Waals surface area contributed by atoms with Crippen molar-refractivity contribution in [2.24, 2.45) is 10.4 Å². The zero-order valence-corrected chi connectivity index (χ0v) is 15.3. The van der Waals surface area contributed by atoms with Gasteiger partial charge in [0.2, 0.25) is 0 Å². The summed E-state index contributed by atoms with van der Waals surface area (Å²) in [7, 11) is 0. The molecule has 0 aromatic carbocycles. The smallest absolute Gasteiger partial charge is 0.191 e. The molecule has 0 aromatic heterocycles. The van der Waals surface area contributed by atoms with Gasteiger partial charge in [0.15, 0.2) is 5.96 Å². The Balaban J connectivity index is 0. The van der Waals surface area contributed by atoms with Crippen LogP contribution in [-0.4, -0.2) is 37.3 Å². The normalized spacial score (nSPS) is 11.9. The minimum atomic E-state index is 0. The van der Waals surface area contributed by atoms with Crippen LogP contribution < -0.4 is 10.6 Å². The molecule has 0 atom stereocenters. The Morgan fingerprint density at radius 3 is 2.16 bits per heavy atom. The fourth-order valence-electron chi connectivity index (χ4n) is 1.98. The molecular formula is C14H32IN3O. The minimum Gasteiger partial charge on any atom is -0.396 e. The average molecular weight is 385 g/mol. The topological polar surface area (TPSA) is 56.7 Å². The monoisotopic (exact) mass is 385 g/mol. The largest absolute Gasteiger partial charge is 0.396 e. The van der Waals surface area contributed by atoms with Gasteiger partial charge >= 0.3 is 0 Å². The molecular weight excluding hydrogens is 353 g/mol. The highest BCUT2D eigenvalue weighted by Gasteiger charge is 2.25. The summed E-state index contributed by atoms with van der Waals surface area (Å²) in [4.78, 5) is 4.67. The summed E-state index contributed by atoms with van der Waals surface area (Å²) < 4.78 is 0. The van der Waals surface area contributed by atoms with E-state index in [9.17, 15) is 5.11 Å². The number of halogens is 1. The first-order chi connectivity index (χ1) is 8.67. The first-order valence-electron chi connectivity index (χ1n) is 7.31. The fraction of sp³-hybridized carbons (Fsp3) is 0.929. The van der Waals surface area contributed by atoms with Crippen LogP contribution in [0.5, 0.6) is 0 Å². The van der Waals surface area contributed by atoms with Gasteiger partial charge in [-0.25, -0.2) is 0 Å². The summed E-state index contributed by atoms with van der Waals surface area (Å²) in [5.41, 5.74) is 0.142. The van der Waals surface area contributed by atoms with Gasteiger partial charge in [0.05, 0.1) is 0 Å². The van der Waals surface area contributed by atoms with Crippen LogP contribution in [0.2, 0.25) is 0 Å². The number of hydrogen-bond acceptors (Lipinski definition) is 2. The van der Waals surface area contributed by atoms with Gasteiger partial charge in [0, 0.05) is 26.2 Å². The van der Waals surface area contributed by atoms with Crippen molar-refractivity contribution >= 4 is 29.9 Å². The molecule has 5 heteroatoms. The third-order valence-electron chi connectivity index (χ3n) is 3.60. The van der Waals surface area contributed by atoms with Gasteiger partial charge in [0.1, 0.15) is 0 Å². The number of aliphatic hydroxyl groups excluding tert-OH is 1. The quantitative estimate of drug-likeness (QED) is 0.325. The Labute approximate surface area is 135 Å². The zero-order valence-electron chi connectivity index (χ0n) is 13.0. The van der Waals surface area contributed by atoms with Crippen molar-refractivity contribution < 1.29 is 5.11 Å². The summed E-state index contributed by atoms with van der Waals surface area (Å²) in [6.07, 6.45) is 4.03. The van der Waals surface area contributed by atoms with Gasteiger partial charge in [-0.05, 0) is 38.0 Å². The standard InChI is InChI=1S/C14H31N3O.HI/c1-5-10-16-13(15-8-4)17-12-14(6-2,7-3)9-11-18;/h18H,5-12H2,1-4H3,(H2,15,16,17);1H. The highest BCUT2D eigenvalue weighted by atomic mass is 127. The lowest BCUT2D eigenvalue weighted by molar-refractivity contribution is 0.175. The van der Waals surface area contributed by atoms with E-state index in [2.05, 4.69) is 43.3 Å². The number of rotatable bonds is 9. The maximum atomic E-state index is 9.19. The second kappa shape index (κ2) is 13.0. The van der Waals surface area contributed by atoms with Crippen LogP contribution in [0.4, 0.5) is 0 Å². The molecule has 0 saturated carbocycles. The van der Waals surface area contributed by atoms with Crippen LogP contribution in [0.15, 0.2) is 4.99 Å². The molecule has 0 radical (unpaired) electrons. The molecule has 0 rings (SSSR count). The molecule has 0 aliphatic rings. The number of aliphatic imine (C=N–C) groups is 1. The second-order valence-electron chi connectivity index (χ2n) is 4.80. The Kier molecular flexibility index (Phi) is 14.5. The fourth-order valence-corrected chi connectivity index (χ4v) is 1.98. The number of nitrogens with one attached hydrogen (secondary N) is 2. The van der Waals surface area contributed by atoms with Crippen molar-refractivity contribution in [1.82, 2.24) is 10.6 Å². The molecule has 0 aliphatic carbocycles. The Morgan fingerprint density at radius 2 is 1.74 bits per heavy atom. The number of guanidine groups is 1. The molecule has 116 valence electrons. The molecule has 0 heterocycles. The third-order valence-corrected chi connectivity index (χ3v) is 3.60. The number of nitrogens with zero attached hydrogens (tertiary/aromatic N) is 1. The first-order valence-corrected chi connectivity index (χ1v) is 7.31. The first kappa shape index (κ1) is 21.3. The van der Waals surface area contributed by atoms with Gasteiger partial charge in [-0.1, -0.05) is 20.8 Å². The SMILES string of the molecule is CCCNC(=NCC(CC)(CC)CCO)NCC.I. The van der Waals surface area contributed by atoms with Crippen LogP contribution in [0, 0.1) is 5.41 Å². The Bertz CT molecular complexity index is 231. The summed E-state index contributed by atoms with van der Waals surface area (Å²) in [5.74, 6) is 0.892. The summed E-state index contributed by atoms with van der Waals surface area (Å²) >= 11 is 0. The van der Waals surface area contributed by atoms with E-state index < -0.39 is 0 Å². The van der Waals surface area contributed by atoms with E-state index in [0.717, 1.165) is 51.3 Å². The Morgan fingerprint density at radius 1 is 1.11 bits per heavy atom. The van der Waals surface area contributed by atoms with Crippen molar-refractivity contribution in [2.75, 3.05) is 26.2 Å². The van der Waals surface area contributed by atoms with Gasteiger partial charge in [-0.2, -0.15) is 0 Å². The molecule has 4 nitrogen and oxygen atoms in total. The second-order valence-corrected chi connectivity index (χ2v) is 4.80. The van der Waals surface area contributed by atoms with Crippen LogP contribution in [0.3, 0.4) is 0 Å². The minimum absolute atomic E-state index is 0. The van der Waals surface area contributed by atoms with Gasteiger partial charge in [-0.15, -0.1) is 24.0 Å². The number of aliphatic hydroxyl groups is 1. The zero-order chi connectivity index (χ0) is 13.9. The van der Waals surface area contributed by atoms with E-state index in [-0.39, 0.29) is 36.0 Å². The van der Waals surface area contributed by atoms with Gasteiger partial charge in [-0.3, -0.25) is 4.99 Å². The third kappa shape index (κ3) is 8.68. The van der Waals surface area contributed by atoms with E-state index in [1.54, 1.807) is 0 Å². The van der Waals surface area contributed by atoms with E-state index in [1.807, 2.05) is 0 Å². The molecule has 0 aliphatic heterocycles. The number of hydrogen-bond donors (Lipinski definition) is 3. The molecule has 19 heavy (non-hydrogen) atoms. The average Bonchev–Trinajstić information content (AvgIpc) is 2.40. The van der Waals surface area contributed by atoms with Crippen molar-refractivity contribution in [3.8, 4) is 0 Å².